The molecule has 2 heterocycles. The van der Waals surface area contributed by atoms with Crippen molar-refractivity contribution >= 4 is 27.5 Å². The third-order valence-corrected chi connectivity index (χ3v) is 6.82. The number of likely N-dealkylation sites (tertiary alicyclic amines) is 1. The predicted octanol–water partition coefficient (Wildman–Crippen LogP) is 4.58. The van der Waals surface area contributed by atoms with E-state index in [9.17, 15) is 4.79 Å². The highest BCUT2D eigenvalue weighted by Crippen LogP contribution is 2.26. The number of carbonyl (C=O) groups excluding carboxylic acids is 1. The molecule has 0 aliphatic carbocycles. The Morgan fingerprint density at radius 1 is 1.13 bits per heavy atom. The molecule has 0 saturated carbocycles. The maximum Gasteiger partial charge on any atom is 0.220 e. The van der Waals surface area contributed by atoms with Gasteiger partial charge in [0, 0.05) is 19.4 Å². The van der Waals surface area contributed by atoms with E-state index in [1.54, 1.807) is 18.4 Å². The van der Waals surface area contributed by atoms with Gasteiger partial charge in [0.05, 0.1) is 28.4 Å². The molecule has 0 spiro atoms. The van der Waals surface area contributed by atoms with E-state index in [-0.39, 0.29) is 11.9 Å². The van der Waals surface area contributed by atoms with Gasteiger partial charge in [0.25, 0.3) is 0 Å². The SMILES string of the molecule is COc1ccc([C@@H](CNC(=O)CCc2nc3ccccc3s2)N2CCCCC2)cc1. The van der Waals surface area contributed by atoms with Crippen LogP contribution in [-0.2, 0) is 11.2 Å². The summed E-state index contributed by atoms with van der Waals surface area (Å²) in [5.74, 6) is 0.945. The second-order valence-corrected chi connectivity index (χ2v) is 8.88. The van der Waals surface area contributed by atoms with Gasteiger partial charge in [-0.2, -0.15) is 0 Å². The quantitative estimate of drug-likeness (QED) is 0.576. The fourth-order valence-corrected chi connectivity index (χ4v) is 5.03. The molecule has 3 aromatic rings. The third kappa shape index (κ3) is 5.18. The van der Waals surface area contributed by atoms with Gasteiger partial charge in [0.15, 0.2) is 0 Å². The zero-order valence-electron chi connectivity index (χ0n) is 17.5. The number of hydrogen-bond acceptors (Lipinski definition) is 5. The monoisotopic (exact) mass is 423 g/mol. The van der Waals surface area contributed by atoms with Crippen molar-refractivity contribution < 1.29 is 9.53 Å². The van der Waals surface area contributed by atoms with Gasteiger partial charge in [-0.3, -0.25) is 9.69 Å². The molecule has 1 amide bonds. The first kappa shape index (κ1) is 20.8. The van der Waals surface area contributed by atoms with Crippen LogP contribution < -0.4 is 10.1 Å². The fourth-order valence-electron chi connectivity index (χ4n) is 4.06. The second-order valence-electron chi connectivity index (χ2n) is 7.76. The topological polar surface area (TPSA) is 54.5 Å². The summed E-state index contributed by atoms with van der Waals surface area (Å²) in [7, 11) is 1.68. The smallest absolute Gasteiger partial charge is 0.220 e. The highest BCUT2D eigenvalue weighted by atomic mass is 32.1. The van der Waals surface area contributed by atoms with Gasteiger partial charge >= 0.3 is 0 Å². The van der Waals surface area contributed by atoms with Crippen LogP contribution in [-0.4, -0.2) is 42.5 Å². The molecule has 0 unspecified atom stereocenters. The summed E-state index contributed by atoms with van der Waals surface area (Å²) >= 11 is 1.68. The molecule has 1 aliphatic heterocycles. The van der Waals surface area contributed by atoms with Gasteiger partial charge in [0.1, 0.15) is 5.75 Å². The average molecular weight is 424 g/mol. The minimum atomic E-state index is 0.0878. The van der Waals surface area contributed by atoms with E-state index in [1.807, 2.05) is 30.3 Å². The van der Waals surface area contributed by atoms with Gasteiger partial charge in [-0.05, 0) is 55.8 Å². The van der Waals surface area contributed by atoms with E-state index in [2.05, 4.69) is 33.4 Å². The van der Waals surface area contributed by atoms with Crippen LogP contribution in [0, 0.1) is 0 Å². The number of fused-ring (bicyclic) bond motifs is 1. The van der Waals surface area contributed by atoms with Gasteiger partial charge in [-0.15, -0.1) is 11.3 Å². The maximum absolute atomic E-state index is 12.6. The van der Waals surface area contributed by atoms with Crippen molar-refractivity contribution in [2.75, 3.05) is 26.7 Å². The van der Waals surface area contributed by atoms with Gasteiger partial charge in [-0.25, -0.2) is 4.98 Å². The van der Waals surface area contributed by atoms with Crippen LogP contribution >= 0.6 is 11.3 Å². The summed E-state index contributed by atoms with van der Waals surface area (Å²) < 4.78 is 6.48. The number of carbonyl (C=O) groups is 1. The summed E-state index contributed by atoms with van der Waals surface area (Å²) in [6, 6.07) is 16.6. The molecule has 0 radical (unpaired) electrons. The second kappa shape index (κ2) is 10.0. The minimum Gasteiger partial charge on any atom is -0.497 e. The van der Waals surface area contributed by atoms with Crippen LogP contribution in [0.25, 0.3) is 10.2 Å². The van der Waals surface area contributed by atoms with Crippen LogP contribution in [0.4, 0.5) is 0 Å². The number of hydrogen-bond donors (Lipinski definition) is 1. The highest BCUT2D eigenvalue weighted by Gasteiger charge is 2.23. The Morgan fingerprint density at radius 3 is 2.63 bits per heavy atom. The molecular weight excluding hydrogens is 394 g/mol. The molecule has 1 atom stereocenters. The van der Waals surface area contributed by atoms with E-state index in [4.69, 9.17) is 4.74 Å². The van der Waals surface area contributed by atoms with E-state index < -0.39 is 0 Å². The largest absolute Gasteiger partial charge is 0.497 e. The van der Waals surface area contributed by atoms with E-state index in [0.29, 0.717) is 19.4 Å². The van der Waals surface area contributed by atoms with Crippen molar-refractivity contribution in [1.29, 1.82) is 0 Å². The fraction of sp³-hybridized carbons (Fsp3) is 0.417. The van der Waals surface area contributed by atoms with Crippen molar-refractivity contribution in [2.45, 2.75) is 38.1 Å². The Labute approximate surface area is 182 Å². The first-order valence-corrected chi connectivity index (χ1v) is 11.5. The summed E-state index contributed by atoms with van der Waals surface area (Å²) in [4.78, 5) is 19.7. The molecule has 158 valence electrons. The number of nitrogens with one attached hydrogen (secondary N) is 1. The number of aromatic nitrogens is 1. The standard InChI is InChI=1S/C24H29N3O2S/c1-29-19-11-9-18(10-12-19)21(27-15-5-2-6-16-27)17-25-23(28)13-14-24-26-20-7-3-4-8-22(20)30-24/h3-4,7-12,21H,2,5-6,13-17H2,1H3,(H,25,28)/t21-/m1/s1. The van der Waals surface area contributed by atoms with Crippen molar-refractivity contribution in [1.82, 2.24) is 15.2 Å². The number of rotatable bonds is 8. The predicted molar refractivity (Wildman–Crippen MR) is 122 cm³/mol. The Balaban J connectivity index is 1.36. The molecule has 30 heavy (non-hydrogen) atoms. The third-order valence-electron chi connectivity index (χ3n) is 5.73. The van der Waals surface area contributed by atoms with Crippen molar-refractivity contribution in [2.24, 2.45) is 0 Å². The summed E-state index contributed by atoms with van der Waals surface area (Å²) in [6.07, 6.45) is 4.88. The number of para-hydroxylation sites is 1. The maximum atomic E-state index is 12.6. The first-order chi connectivity index (χ1) is 14.7. The highest BCUT2D eigenvalue weighted by molar-refractivity contribution is 7.18. The number of aryl methyl sites for hydroxylation is 1. The molecule has 4 rings (SSSR count). The van der Waals surface area contributed by atoms with Crippen molar-refractivity contribution in [3.63, 3.8) is 0 Å². The Kier molecular flexibility index (Phi) is 6.97. The zero-order chi connectivity index (χ0) is 20.8. The number of methoxy groups -OCH3 is 1. The van der Waals surface area contributed by atoms with Crippen LogP contribution in [0.1, 0.15) is 42.3 Å². The van der Waals surface area contributed by atoms with Crippen LogP contribution in [0.15, 0.2) is 48.5 Å². The molecule has 1 aliphatic rings. The molecule has 1 saturated heterocycles. The minimum absolute atomic E-state index is 0.0878. The molecular formula is C24H29N3O2S. The van der Waals surface area contributed by atoms with Gasteiger partial charge < -0.3 is 10.1 Å². The average Bonchev–Trinajstić information content (AvgIpc) is 3.22. The molecule has 1 fully saturated rings. The van der Waals surface area contributed by atoms with Gasteiger partial charge in [-0.1, -0.05) is 30.7 Å². The summed E-state index contributed by atoms with van der Waals surface area (Å²) in [6.45, 7) is 2.79. The molecule has 1 N–H and O–H groups in total. The molecule has 0 bridgehead atoms. The number of thiazole rings is 1. The van der Waals surface area contributed by atoms with Crippen molar-refractivity contribution in [3.05, 3.63) is 59.1 Å². The molecule has 6 heteroatoms. The lowest BCUT2D eigenvalue weighted by Crippen LogP contribution is -2.40. The Hall–Kier alpha value is -2.44. The van der Waals surface area contributed by atoms with Crippen LogP contribution in [0.3, 0.4) is 0 Å². The number of nitrogens with zero attached hydrogens (tertiary/aromatic N) is 2. The van der Waals surface area contributed by atoms with E-state index in [0.717, 1.165) is 29.4 Å². The first-order valence-electron chi connectivity index (χ1n) is 10.7. The van der Waals surface area contributed by atoms with Crippen molar-refractivity contribution in [3.8, 4) is 5.75 Å². The number of amides is 1. The Morgan fingerprint density at radius 2 is 1.90 bits per heavy atom. The molecule has 5 nitrogen and oxygen atoms in total. The Bertz CT molecular complexity index is 931. The normalized spacial score (nSPS) is 15.8. The van der Waals surface area contributed by atoms with Gasteiger partial charge in [0.2, 0.25) is 5.91 Å². The van der Waals surface area contributed by atoms with E-state index >= 15 is 0 Å². The summed E-state index contributed by atoms with van der Waals surface area (Å²) in [5.41, 5.74) is 2.24. The number of piperidine rings is 1. The lowest BCUT2D eigenvalue weighted by molar-refractivity contribution is -0.121. The lowest BCUT2D eigenvalue weighted by atomic mass is 10.0. The van der Waals surface area contributed by atoms with Crippen LogP contribution in [0.2, 0.25) is 0 Å². The zero-order valence-corrected chi connectivity index (χ0v) is 18.3. The molecule has 1 aromatic heterocycles. The number of benzene rings is 2. The number of ether oxygens (including phenoxy) is 1. The van der Waals surface area contributed by atoms with E-state index in [1.165, 1.54) is 29.5 Å². The molecule has 2 aromatic carbocycles. The van der Waals surface area contributed by atoms with Crippen LogP contribution in [0.5, 0.6) is 5.75 Å². The summed E-state index contributed by atoms with van der Waals surface area (Å²) in [5, 5.41) is 4.20. The lowest BCUT2D eigenvalue weighted by Gasteiger charge is -2.35.